The van der Waals surface area contributed by atoms with Gasteiger partial charge in [0, 0.05) is 18.0 Å². The normalized spacial score (nSPS) is 15.7. The summed E-state index contributed by atoms with van der Waals surface area (Å²) in [5.41, 5.74) is 3.20. The van der Waals surface area contributed by atoms with Crippen LogP contribution < -0.4 is 0 Å². The second-order valence-corrected chi connectivity index (χ2v) is 8.13. The van der Waals surface area contributed by atoms with Gasteiger partial charge in [0.2, 0.25) is 0 Å². The van der Waals surface area contributed by atoms with Crippen molar-refractivity contribution < 1.29 is 9.52 Å². The molecule has 0 radical (unpaired) electrons. The van der Waals surface area contributed by atoms with Gasteiger partial charge in [-0.25, -0.2) is 0 Å². The molecule has 1 aromatic carbocycles. The summed E-state index contributed by atoms with van der Waals surface area (Å²) in [6.45, 7) is 7.44. The van der Waals surface area contributed by atoms with Crippen LogP contribution in [0.25, 0.3) is 0 Å². The fourth-order valence-electron chi connectivity index (χ4n) is 3.29. The smallest absolute Gasteiger partial charge is 0.165 e. The molecule has 5 nitrogen and oxygen atoms in total. The van der Waals surface area contributed by atoms with E-state index in [9.17, 15) is 5.11 Å². The summed E-state index contributed by atoms with van der Waals surface area (Å²) in [6.07, 6.45) is 0.219. The number of aliphatic hydroxyl groups excluding tert-OH is 1. The topological polar surface area (TPSA) is 54.4 Å². The zero-order chi connectivity index (χ0) is 18.8. The summed E-state index contributed by atoms with van der Waals surface area (Å²) < 4.78 is 8.05. The second kappa shape index (κ2) is 7.92. The van der Waals surface area contributed by atoms with E-state index in [1.165, 1.54) is 10.5 Å². The highest BCUT2D eigenvalue weighted by Crippen LogP contribution is 2.30. The van der Waals surface area contributed by atoms with Crippen LogP contribution in [-0.2, 0) is 19.6 Å². The van der Waals surface area contributed by atoms with Crippen LogP contribution in [0, 0.1) is 6.92 Å². The molecule has 1 atom stereocenters. The first kappa shape index (κ1) is 18.3. The van der Waals surface area contributed by atoms with E-state index >= 15 is 0 Å². The van der Waals surface area contributed by atoms with Crippen LogP contribution in [-0.4, -0.2) is 26.3 Å². The predicted octanol–water partition coefficient (Wildman–Crippen LogP) is 4.39. The molecule has 0 saturated heterocycles. The highest BCUT2D eigenvalue weighted by molar-refractivity contribution is 7.99. The minimum Gasteiger partial charge on any atom is -0.453 e. The fourth-order valence-corrected chi connectivity index (χ4v) is 4.08. The summed E-state index contributed by atoms with van der Waals surface area (Å²) in [6, 6.07) is 14.6. The number of aryl methyl sites for hydroxylation is 1. The quantitative estimate of drug-likeness (QED) is 0.684. The van der Waals surface area contributed by atoms with Gasteiger partial charge in [0.25, 0.3) is 0 Å². The van der Waals surface area contributed by atoms with Gasteiger partial charge in [-0.15, -0.1) is 0 Å². The van der Waals surface area contributed by atoms with Crippen LogP contribution in [0.3, 0.4) is 0 Å². The lowest BCUT2D eigenvalue weighted by Crippen LogP contribution is -2.33. The molecule has 0 unspecified atom stereocenters. The fraction of sp³-hybridized carbons (Fsp3) is 0.381. The molecule has 3 aromatic rings. The number of nitrogens with zero attached hydrogens (tertiary/aromatic N) is 3. The Morgan fingerprint density at radius 1 is 1.19 bits per heavy atom. The maximum Gasteiger partial charge on any atom is 0.165 e. The van der Waals surface area contributed by atoms with E-state index in [1.54, 1.807) is 11.8 Å². The molecule has 0 amide bonds. The molecular formula is C21H25N3O2S. The molecule has 0 saturated carbocycles. The van der Waals surface area contributed by atoms with Crippen molar-refractivity contribution in [3.8, 4) is 0 Å². The summed E-state index contributed by atoms with van der Waals surface area (Å²) in [5, 5.41) is 15.5. The van der Waals surface area contributed by atoms with Crippen LogP contribution in [0.15, 0.2) is 56.9 Å². The third-order valence-electron chi connectivity index (χ3n) is 4.88. The van der Waals surface area contributed by atoms with E-state index in [1.807, 2.05) is 23.7 Å². The molecule has 3 heterocycles. The minimum absolute atomic E-state index is 0.469. The zero-order valence-electron chi connectivity index (χ0n) is 15.8. The first-order valence-corrected chi connectivity index (χ1v) is 10.2. The number of aromatic nitrogens is 2. The molecule has 1 aliphatic rings. The minimum atomic E-state index is -0.469. The Kier molecular flexibility index (Phi) is 5.38. The highest BCUT2D eigenvalue weighted by Gasteiger charge is 2.21. The Morgan fingerprint density at radius 2 is 2.00 bits per heavy atom. The van der Waals surface area contributed by atoms with Crippen LogP contribution >= 0.6 is 11.8 Å². The van der Waals surface area contributed by atoms with E-state index < -0.39 is 6.10 Å². The SMILES string of the molecule is CC[C@@H](O)c1cc2n(n1)CCN(Cc1ccc(Sc3ccc(C)cc3)o1)C2. The molecule has 0 aliphatic carbocycles. The van der Waals surface area contributed by atoms with Crippen molar-refractivity contribution in [1.29, 1.82) is 0 Å². The lowest BCUT2D eigenvalue weighted by Gasteiger charge is -2.26. The Morgan fingerprint density at radius 3 is 2.78 bits per heavy atom. The van der Waals surface area contributed by atoms with Gasteiger partial charge in [-0.1, -0.05) is 36.4 Å². The summed E-state index contributed by atoms with van der Waals surface area (Å²) in [4.78, 5) is 3.54. The lowest BCUT2D eigenvalue weighted by molar-refractivity contribution is 0.165. The number of hydrogen-bond donors (Lipinski definition) is 1. The first-order chi connectivity index (χ1) is 13.1. The van der Waals surface area contributed by atoms with E-state index in [2.05, 4.69) is 47.3 Å². The monoisotopic (exact) mass is 383 g/mol. The Hall–Kier alpha value is -2.02. The van der Waals surface area contributed by atoms with Crippen LogP contribution in [0.4, 0.5) is 0 Å². The van der Waals surface area contributed by atoms with Gasteiger partial charge in [-0.3, -0.25) is 9.58 Å². The van der Waals surface area contributed by atoms with Crippen LogP contribution in [0.2, 0.25) is 0 Å². The lowest BCUT2D eigenvalue weighted by atomic mass is 10.2. The molecule has 1 aliphatic heterocycles. The van der Waals surface area contributed by atoms with Gasteiger partial charge >= 0.3 is 0 Å². The number of rotatable bonds is 6. The molecule has 4 rings (SSSR count). The van der Waals surface area contributed by atoms with Gasteiger partial charge in [0.05, 0.1) is 30.6 Å². The van der Waals surface area contributed by atoms with E-state index in [4.69, 9.17) is 4.42 Å². The molecule has 0 fully saturated rings. The molecule has 6 heteroatoms. The maximum atomic E-state index is 10.0. The molecule has 0 bridgehead atoms. The number of hydrogen-bond acceptors (Lipinski definition) is 5. The number of benzene rings is 1. The molecule has 142 valence electrons. The largest absolute Gasteiger partial charge is 0.453 e. The second-order valence-electron chi connectivity index (χ2n) is 7.05. The van der Waals surface area contributed by atoms with Crippen molar-refractivity contribution in [1.82, 2.24) is 14.7 Å². The van der Waals surface area contributed by atoms with Crippen molar-refractivity contribution in [3.63, 3.8) is 0 Å². The third-order valence-corrected chi connectivity index (χ3v) is 5.81. The average molecular weight is 384 g/mol. The summed E-state index contributed by atoms with van der Waals surface area (Å²) >= 11 is 1.65. The van der Waals surface area contributed by atoms with E-state index in [0.717, 1.165) is 48.4 Å². The van der Waals surface area contributed by atoms with Crippen molar-refractivity contribution in [2.24, 2.45) is 0 Å². The standard InChI is InChI=1S/C21H25N3O2S/c1-3-20(25)19-12-16-13-23(10-11-24(16)22-19)14-17-6-9-21(26-17)27-18-7-4-15(2)5-8-18/h4-9,12,20,25H,3,10-11,13-14H2,1-2H3/t20-/m1/s1. The van der Waals surface area contributed by atoms with E-state index in [-0.39, 0.29) is 0 Å². The Labute approximate surface area is 164 Å². The maximum absolute atomic E-state index is 10.0. The van der Waals surface area contributed by atoms with Gasteiger partial charge in [-0.05, 0) is 43.7 Å². The van der Waals surface area contributed by atoms with Crippen molar-refractivity contribution in [2.75, 3.05) is 6.54 Å². The molecule has 27 heavy (non-hydrogen) atoms. The van der Waals surface area contributed by atoms with Gasteiger partial charge in [-0.2, -0.15) is 5.10 Å². The Bertz CT molecular complexity index is 901. The van der Waals surface area contributed by atoms with Gasteiger partial charge < -0.3 is 9.52 Å². The van der Waals surface area contributed by atoms with Crippen molar-refractivity contribution in [2.45, 2.75) is 56.0 Å². The average Bonchev–Trinajstić information content (AvgIpc) is 3.29. The predicted molar refractivity (Wildman–Crippen MR) is 106 cm³/mol. The number of fused-ring (bicyclic) bond motifs is 1. The molecular weight excluding hydrogens is 358 g/mol. The number of furan rings is 1. The third kappa shape index (κ3) is 4.29. The molecule has 2 aromatic heterocycles. The Balaban J connectivity index is 1.38. The summed E-state index contributed by atoms with van der Waals surface area (Å²) in [5.74, 6) is 0.978. The summed E-state index contributed by atoms with van der Waals surface area (Å²) in [7, 11) is 0. The van der Waals surface area contributed by atoms with Gasteiger partial charge in [0.15, 0.2) is 5.09 Å². The first-order valence-electron chi connectivity index (χ1n) is 9.41. The van der Waals surface area contributed by atoms with Crippen molar-refractivity contribution in [3.05, 3.63) is 65.2 Å². The molecule has 1 N–H and O–H groups in total. The van der Waals surface area contributed by atoms with Crippen LogP contribution in [0.5, 0.6) is 0 Å². The highest BCUT2D eigenvalue weighted by atomic mass is 32.2. The van der Waals surface area contributed by atoms with Crippen LogP contribution in [0.1, 0.15) is 42.2 Å². The molecule has 0 spiro atoms. The number of aliphatic hydroxyl groups is 1. The zero-order valence-corrected chi connectivity index (χ0v) is 16.6. The van der Waals surface area contributed by atoms with Crippen molar-refractivity contribution >= 4 is 11.8 Å². The van der Waals surface area contributed by atoms with Gasteiger partial charge in [0.1, 0.15) is 5.76 Å². The van der Waals surface area contributed by atoms with E-state index in [0.29, 0.717) is 6.42 Å².